The summed E-state index contributed by atoms with van der Waals surface area (Å²) in [6, 6.07) is 0.418. The van der Waals surface area contributed by atoms with E-state index in [1.54, 1.807) is 0 Å². The molecular formula is C15H32N2S. The molecule has 3 atom stereocenters. The quantitative estimate of drug-likeness (QED) is 0.805. The van der Waals surface area contributed by atoms with E-state index in [0.29, 0.717) is 16.7 Å². The summed E-state index contributed by atoms with van der Waals surface area (Å²) in [7, 11) is 4.29. The van der Waals surface area contributed by atoms with Crippen molar-refractivity contribution < 1.29 is 0 Å². The maximum absolute atomic E-state index is 6.31. The molecule has 1 aliphatic rings. The van der Waals surface area contributed by atoms with Gasteiger partial charge in [-0.05, 0) is 44.7 Å². The molecule has 0 heterocycles. The fraction of sp³-hybridized carbons (Fsp3) is 1.00. The fourth-order valence-corrected chi connectivity index (χ4v) is 4.25. The maximum Gasteiger partial charge on any atom is 0.0202 e. The van der Waals surface area contributed by atoms with Gasteiger partial charge < -0.3 is 10.6 Å². The Bertz CT molecular complexity index is 241. The molecule has 3 heteroatoms. The molecule has 1 saturated carbocycles. The first kappa shape index (κ1) is 16.3. The lowest BCUT2D eigenvalue weighted by atomic mass is 9.69. The molecule has 2 N–H and O–H groups in total. The van der Waals surface area contributed by atoms with Crippen molar-refractivity contribution in [3.05, 3.63) is 0 Å². The SMILES string of the molecule is CCC(C)(C)C1CCC(N)C(SCCN(C)C)C1. The van der Waals surface area contributed by atoms with E-state index in [4.69, 9.17) is 5.73 Å². The molecule has 0 aromatic heterocycles. The zero-order valence-corrected chi connectivity index (χ0v) is 13.7. The Kier molecular flexibility index (Phi) is 6.49. The summed E-state index contributed by atoms with van der Waals surface area (Å²) in [5.41, 5.74) is 6.79. The number of nitrogens with two attached hydrogens (primary N) is 1. The molecule has 108 valence electrons. The van der Waals surface area contributed by atoms with Crippen molar-refractivity contribution in [1.82, 2.24) is 4.90 Å². The van der Waals surface area contributed by atoms with Crippen molar-refractivity contribution in [1.29, 1.82) is 0 Å². The van der Waals surface area contributed by atoms with Crippen LogP contribution in [0.25, 0.3) is 0 Å². The van der Waals surface area contributed by atoms with Gasteiger partial charge in [0.1, 0.15) is 0 Å². The van der Waals surface area contributed by atoms with E-state index < -0.39 is 0 Å². The third-order valence-corrected chi connectivity index (χ3v) is 6.12. The lowest BCUT2D eigenvalue weighted by Crippen LogP contribution is -2.42. The number of thioether (sulfide) groups is 1. The van der Waals surface area contributed by atoms with Gasteiger partial charge in [0.15, 0.2) is 0 Å². The molecule has 0 aliphatic heterocycles. The Morgan fingerprint density at radius 2 is 1.94 bits per heavy atom. The van der Waals surface area contributed by atoms with Gasteiger partial charge in [-0.1, -0.05) is 27.2 Å². The van der Waals surface area contributed by atoms with Crippen LogP contribution in [0, 0.1) is 11.3 Å². The first-order valence-electron chi connectivity index (χ1n) is 7.38. The van der Waals surface area contributed by atoms with Gasteiger partial charge in [0.2, 0.25) is 0 Å². The van der Waals surface area contributed by atoms with Crippen molar-refractivity contribution in [3.8, 4) is 0 Å². The second-order valence-corrected chi connectivity index (χ2v) is 8.08. The van der Waals surface area contributed by atoms with Crippen LogP contribution in [-0.4, -0.2) is 42.6 Å². The van der Waals surface area contributed by atoms with Crippen molar-refractivity contribution in [2.75, 3.05) is 26.4 Å². The van der Waals surface area contributed by atoms with Crippen LogP contribution in [0.4, 0.5) is 0 Å². The van der Waals surface area contributed by atoms with Gasteiger partial charge in [0.25, 0.3) is 0 Å². The molecule has 1 aliphatic carbocycles. The number of hydrogen-bond acceptors (Lipinski definition) is 3. The molecule has 0 bridgehead atoms. The van der Waals surface area contributed by atoms with Gasteiger partial charge in [-0.15, -0.1) is 0 Å². The van der Waals surface area contributed by atoms with Crippen LogP contribution in [-0.2, 0) is 0 Å². The lowest BCUT2D eigenvalue weighted by Gasteiger charge is -2.42. The lowest BCUT2D eigenvalue weighted by molar-refractivity contribution is 0.148. The summed E-state index contributed by atoms with van der Waals surface area (Å²) in [5.74, 6) is 2.07. The predicted octanol–water partition coefficient (Wildman–Crippen LogP) is 3.21. The molecule has 0 aromatic rings. The topological polar surface area (TPSA) is 29.3 Å². The van der Waals surface area contributed by atoms with Crippen molar-refractivity contribution in [2.45, 2.75) is 57.7 Å². The fourth-order valence-electron chi connectivity index (χ4n) is 2.73. The highest BCUT2D eigenvalue weighted by molar-refractivity contribution is 8.00. The van der Waals surface area contributed by atoms with E-state index in [0.717, 1.165) is 12.5 Å². The van der Waals surface area contributed by atoms with Gasteiger partial charge in [-0.2, -0.15) is 11.8 Å². The second-order valence-electron chi connectivity index (χ2n) is 6.73. The maximum atomic E-state index is 6.31. The van der Waals surface area contributed by atoms with Crippen molar-refractivity contribution in [3.63, 3.8) is 0 Å². The van der Waals surface area contributed by atoms with Crippen LogP contribution >= 0.6 is 11.8 Å². The highest BCUT2D eigenvalue weighted by Crippen LogP contribution is 2.43. The third-order valence-electron chi connectivity index (χ3n) is 4.73. The van der Waals surface area contributed by atoms with Crippen LogP contribution in [0.15, 0.2) is 0 Å². The third kappa shape index (κ3) is 4.75. The van der Waals surface area contributed by atoms with Gasteiger partial charge in [-0.25, -0.2) is 0 Å². The summed E-state index contributed by atoms with van der Waals surface area (Å²) in [4.78, 5) is 2.26. The standard InChI is InChI=1S/C15H32N2S/c1-6-15(2,3)12-7-8-13(16)14(11-12)18-10-9-17(4)5/h12-14H,6-11,16H2,1-5H3. The van der Waals surface area contributed by atoms with E-state index in [2.05, 4.69) is 51.5 Å². The predicted molar refractivity (Wildman–Crippen MR) is 84.2 cm³/mol. The molecule has 1 rings (SSSR count). The van der Waals surface area contributed by atoms with Gasteiger partial charge in [0.05, 0.1) is 0 Å². The summed E-state index contributed by atoms with van der Waals surface area (Å²) >= 11 is 2.10. The van der Waals surface area contributed by atoms with Crippen LogP contribution < -0.4 is 5.73 Å². The van der Waals surface area contributed by atoms with Crippen molar-refractivity contribution >= 4 is 11.8 Å². The molecule has 3 unspecified atom stereocenters. The largest absolute Gasteiger partial charge is 0.327 e. The van der Waals surface area contributed by atoms with Crippen LogP contribution in [0.1, 0.15) is 46.5 Å². The Balaban J connectivity index is 2.46. The average molecular weight is 273 g/mol. The zero-order valence-electron chi connectivity index (χ0n) is 12.9. The van der Waals surface area contributed by atoms with Crippen LogP contribution in [0.3, 0.4) is 0 Å². The monoisotopic (exact) mass is 272 g/mol. The summed E-state index contributed by atoms with van der Waals surface area (Å²) in [6.07, 6.45) is 5.14. The smallest absolute Gasteiger partial charge is 0.0202 e. The minimum absolute atomic E-state index is 0.418. The van der Waals surface area contributed by atoms with E-state index in [-0.39, 0.29) is 0 Å². The number of nitrogens with zero attached hydrogens (tertiary/aromatic N) is 1. The minimum atomic E-state index is 0.418. The van der Waals surface area contributed by atoms with Gasteiger partial charge in [-0.3, -0.25) is 0 Å². The molecule has 0 aromatic carbocycles. The molecule has 0 spiro atoms. The summed E-state index contributed by atoms with van der Waals surface area (Å²) < 4.78 is 0. The minimum Gasteiger partial charge on any atom is -0.327 e. The Morgan fingerprint density at radius 3 is 2.50 bits per heavy atom. The molecule has 0 radical (unpaired) electrons. The molecule has 1 fully saturated rings. The molecule has 18 heavy (non-hydrogen) atoms. The van der Waals surface area contributed by atoms with Gasteiger partial charge >= 0.3 is 0 Å². The Labute approximate surface area is 118 Å². The van der Waals surface area contributed by atoms with E-state index in [1.807, 2.05) is 0 Å². The van der Waals surface area contributed by atoms with Crippen LogP contribution in [0.2, 0.25) is 0 Å². The van der Waals surface area contributed by atoms with E-state index in [1.165, 1.54) is 31.4 Å². The van der Waals surface area contributed by atoms with E-state index >= 15 is 0 Å². The first-order chi connectivity index (χ1) is 8.36. The van der Waals surface area contributed by atoms with E-state index in [9.17, 15) is 0 Å². The number of hydrogen-bond donors (Lipinski definition) is 1. The van der Waals surface area contributed by atoms with Gasteiger partial charge in [0, 0.05) is 23.6 Å². The summed E-state index contributed by atoms with van der Waals surface area (Å²) in [5, 5.41) is 0.675. The summed E-state index contributed by atoms with van der Waals surface area (Å²) in [6.45, 7) is 8.34. The molecule has 2 nitrogen and oxygen atoms in total. The highest BCUT2D eigenvalue weighted by atomic mass is 32.2. The number of rotatable bonds is 6. The zero-order chi connectivity index (χ0) is 13.8. The molecule has 0 saturated heterocycles. The second kappa shape index (κ2) is 7.16. The average Bonchev–Trinajstić information content (AvgIpc) is 2.31. The molecular weight excluding hydrogens is 240 g/mol. The normalized spacial score (nSPS) is 29.8. The van der Waals surface area contributed by atoms with Crippen molar-refractivity contribution in [2.24, 2.45) is 17.1 Å². The first-order valence-corrected chi connectivity index (χ1v) is 8.43. The molecule has 0 amide bonds. The Hall–Kier alpha value is 0.270. The highest BCUT2D eigenvalue weighted by Gasteiger charge is 2.35. The Morgan fingerprint density at radius 1 is 1.28 bits per heavy atom. The van der Waals surface area contributed by atoms with Crippen LogP contribution in [0.5, 0.6) is 0 Å².